The number of hydrogen-bond acceptors (Lipinski definition) is 4. The molecule has 0 unspecified atom stereocenters. The molecular formula is C19H23NO4S. The Balaban J connectivity index is 1.98. The third kappa shape index (κ3) is 3.24. The van der Waals surface area contributed by atoms with E-state index < -0.39 is 10.0 Å². The lowest BCUT2D eigenvalue weighted by Gasteiger charge is -2.32. The highest BCUT2D eigenvalue weighted by Crippen LogP contribution is 2.37. The van der Waals surface area contributed by atoms with Crippen LogP contribution in [0.2, 0.25) is 0 Å². The minimum Gasteiger partial charge on any atom is -0.493 e. The van der Waals surface area contributed by atoms with Crippen molar-refractivity contribution in [3.8, 4) is 11.5 Å². The van der Waals surface area contributed by atoms with E-state index in [9.17, 15) is 8.42 Å². The Labute approximate surface area is 149 Å². The quantitative estimate of drug-likeness (QED) is 0.819. The zero-order valence-electron chi connectivity index (χ0n) is 14.7. The van der Waals surface area contributed by atoms with E-state index in [-0.39, 0.29) is 10.9 Å². The fourth-order valence-electron chi connectivity index (χ4n) is 3.42. The maximum Gasteiger partial charge on any atom is 0.243 e. The van der Waals surface area contributed by atoms with Crippen molar-refractivity contribution >= 4 is 10.0 Å². The second-order valence-corrected chi connectivity index (χ2v) is 8.14. The van der Waals surface area contributed by atoms with E-state index in [0.717, 1.165) is 24.8 Å². The third-order valence-corrected chi connectivity index (χ3v) is 6.67. The highest BCUT2D eigenvalue weighted by molar-refractivity contribution is 7.89. The minimum absolute atomic E-state index is 0.150. The van der Waals surface area contributed by atoms with Gasteiger partial charge >= 0.3 is 0 Å². The van der Waals surface area contributed by atoms with Gasteiger partial charge in [0.15, 0.2) is 11.5 Å². The lowest BCUT2D eigenvalue weighted by Crippen LogP contribution is -2.33. The highest BCUT2D eigenvalue weighted by Gasteiger charge is 2.32. The molecule has 1 atom stereocenters. The Morgan fingerprint density at radius 3 is 2.48 bits per heavy atom. The molecule has 6 heteroatoms. The predicted octanol–water partition coefficient (Wildman–Crippen LogP) is 3.40. The van der Waals surface area contributed by atoms with Crippen molar-refractivity contribution in [2.75, 3.05) is 21.3 Å². The van der Waals surface area contributed by atoms with Gasteiger partial charge in [0.05, 0.1) is 19.1 Å². The Bertz CT molecular complexity index is 863. The third-order valence-electron chi connectivity index (χ3n) is 4.81. The van der Waals surface area contributed by atoms with Gasteiger partial charge in [0, 0.05) is 19.2 Å². The van der Waals surface area contributed by atoms with Crippen molar-refractivity contribution in [3.63, 3.8) is 0 Å². The monoisotopic (exact) mass is 361 g/mol. The van der Waals surface area contributed by atoms with E-state index in [1.807, 2.05) is 18.2 Å². The second-order valence-electron chi connectivity index (χ2n) is 6.14. The van der Waals surface area contributed by atoms with Crippen molar-refractivity contribution in [2.24, 2.45) is 0 Å². The average molecular weight is 361 g/mol. The normalized spacial score (nSPS) is 17.2. The van der Waals surface area contributed by atoms with Crippen molar-refractivity contribution < 1.29 is 17.9 Å². The van der Waals surface area contributed by atoms with Gasteiger partial charge in [-0.1, -0.05) is 24.3 Å². The van der Waals surface area contributed by atoms with Crippen LogP contribution in [0.5, 0.6) is 11.5 Å². The lowest BCUT2D eigenvalue weighted by molar-refractivity contribution is 0.336. The number of aryl methyl sites for hydroxylation is 1. The van der Waals surface area contributed by atoms with Gasteiger partial charge in [-0.25, -0.2) is 8.42 Å². The summed E-state index contributed by atoms with van der Waals surface area (Å²) in [5, 5.41) is 0. The summed E-state index contributed by atoms with van der Waals surface area (Å²) >= 11 is 0. The minimum atomic E-state index is -3.64. The van der Waals surface area contributed by atoms with Crippen molar-refractivity contribution in [1.29, 1.82) is 0 Å². The molecule has 0 aromatic heterocycles. The molecule has 5 nitrogen and oxygen atoms in total. The fourth-order valence-corrected chi connectivity index (χ4v) is 4.80. The number of nitrogens with zero attached hydrogens (tertiary/aromatic N) is 1. The first-order valence-electron chi connectivity index (χ1n) is 8.27. The maximum atomic E-state index is 13.1. The van der Waals surface area contributed by atoms with Crippen LogP contribution in [0, 0.1) is 0 Å². The van der Waals surface area contributed by atoms with Crippen LogP contribution in [0.3, 0.4) is 0 Å². The van der Waals surface area contributed by atoms with Gasteiger partial charge in [-0.2, -0.15) is 4.31 Å². The van der Waals surface area contributed by atoms with Gasteiger partial charge in [0.2, 0.25) is 10.0 Å². The molecule has 2 aromatic rings. The zero-order valence-corrected chi connectivity index (χ0v) is 15.5. The van der Waals surface area contributed by atoms with Crippen LogP contribution in [0.4, 0.5) is 0 Å². The molecule has 0 fully saturated rings. The van der Waals surface area contributed by atoms with E-state index in [1.54, 1.807) is 19.2 Å². The number of sulfonamides is 1. The van der Waals surface area contributed by atoms with E-state index in [1.165, 1.54) is 30.2 Å². The molecule has 134 valence electrons. The number of hydrogen-bond donors (Lipinski definition) is 0. The Hall–Kier alpha value is -2.05. The first-order valence-corrected chi connectivity index (χ1v) is 9.71. The van der Waals surface area contributed by atoms with E-state index >= 15 is 0 Å². The van der Waals surface area contributed by atoms with Crippen LogP contribution < -0.4 is 9.47 Å². The molecule has 0 amide bonds. The average Bonchev–Trinajstić information content (AvgIpc) is 2.66. The number of fused-ring (bicyclic) bond motifs is 1. The molecule has 0 saturated heterocycles. The molecule has 0 spiro atoms. The molecule has 0 saturated carbocycles. The molecule has 2 aromatic carbocycles. The van der Waals surface area contributed by atoms with Crippen LogP contribution in [-0.2, 0) is 16.4 Å². The summed E-state index contributed by atoms with van der Waals surface area (Å²) < 4.78 is 38.2. The summed E-state index contributed by atoms with van der Waals surface area (Å²) in [7, 11) is 1.03. The molecule has 0 N–H and O–H groups in total. The molecule has 25 heavy (non-hydrogen) atoms. The van der Waals surface area contributed by atoms with Crippen LogP contribution in [0.15, 0.2) is 47.4 Å². The van der Waals surface area contributed by atoms with Crippen LogP contribution in [-0.4, -0.2) is 34.0 Å². The van der Waals surface area contributed by atoms with Crippen LogP contribution in [0.25, 0.3) is 0 Å². The number of methoxy groups -OCH3 is 2. The smallest absolute Gasteiger partial charge is 0.243 e. The largest absolute Gasteiger partial charge is 0.493 e. The van der Waals surface area contributed by atoms with Gasteiger partial charge in [-0.15, -0.1) is 0 Å². The summed E-state index contributed by atoms with van der Waals surface area (Å²) in [4.78, 5) is 0.204. The van der Waals surface area contributed by atoms with Crippen molar-refractivity contribution in [2.45, 2.75) is 30.2 Å². The summed E-state index contributed by atoms with van der Waals surface area (Å²) in [6, 6.07) is 12.6. The zero-order chi connectivity index (χ0) is 18.0. The fraction of sp³-hybridized carbons (Fsp3) is 0.368. The van der Waals surface area contributed by atoms with Crippen molar-refractivity contribution in [1.82, 2.24) is 4.31 Å². The number of benzene rings is 2. The predicted molar refractivity (Wildman–Crippen MR) is 96.6 cm³/mol. The van der Waals surface area contributed by atoms with E-state index in [2.05, 4.69) is 6.07 Å². The van der Waals surface area contributed by atoms with E-state index in [0.29, 0.717) is 11.5 Å². The number of rotatable bonds is 5. The second kappa shape index (κ2) is 7.06. The van der Waals surface area contributed by atoms with Gasteiger partial charge < -0.3 is 9.47 Å². The molecule has 0 bridgehead atoms. The first kappa shape index (κ1) is 17.8. The SMILES string of the molecule is COc1ccc(S(=O)(=O)N(C)[C@@H]2CCCc3ccccc32)cc1OC. The standard InChI is InChI=1S/C19H23NO4S/c1-20(17-10-6-8-14-7-4-5-9-16(14)17)25(21,22)15-11-12-18(23-2)19(13-15)24-3/h4-5,7,9,11-13,17H,6,8,10H2,1-3H3/t17-/m1/s1. The molecule has 1 aliphatic rings. The summed E-state index contributed by atoms with van der Waals surface area (Å²) in [5.74, 6) is 0.910. The topological polar surface area (TPSA) is 55.8 Å². The van der Waals surface area contributed by atoms with Crippen molar-refractivity contribution in [3.05, 3.63) is 53.6 Å². The van der Waals surface area contributed by atoms with Crippen LogP contribution >= 0.6 is 0 Å². The van der Waals surface area contributed by atoms with Gasteiger partial charge in [-0.05, 0) is 42.5 Å². The summed E-state index contributed by atoms with van der Waals surface area (Å²) in [6.45, 7) is 0. The number of ether oxygens (including phenoxy) is 2. The Morgan fingerprint density at radius 2 is 1.76 bits per heavy atom. The first-order chi connectivity index (χ1) is 12.0. The maximum absolute atomic E-state index is 13.1. The van der Waals surface area contributed by atoms with Gasteiger partial charge in [-0.3, -0.25) is 0 Å². The summed E-state index contributed by atoms with van der Waals surface area (Å²) in [5.41, 5.74) is 2.33. The molecule has 1 aliphatic carbocycles. The highest BCUT2D eigenvalue weighted by atomic mass is 32.2. The molecule has 0 aliphatic heterocycles. The van der Waals surface area contributed by atoms with Crippen LogP contribution in [0.1, 0.15) is 30.0 Å². The molecular weight excluding hydrogens is 338 g/mol. The molecule has 0 radical (unpaired) electrons. The molecule has 3 rings (SSSR count). The molecule has 0 heterocycles. The van der Waals surface area contributed by atoms with E-state index in [4.69, 9.17) is 9.47 Å². The Morgan fingerprint density at radius 1 is 1.04 bits per heavy atom. The summed E-state index contributed by atoms with van der Waals surface area (Å²) in [6.07, 6.45) is 2.80. The van der Waals surface area contributed by atoms with Gasteiger partial charge in [0.1, 0.15) is 0 Å². The van der Waals surface area contributed by atoms with Gasteiger partial charge in [0.25, 0.3) is 0 Å². The lowest BCUT2D eigenvalue weighted by atomic mass is 9.88. The Kier molecular flexibility index (Phi) is 5.01.